The number of aryl methyl sites for hydroxylation is 1. The molecule has 3 amide bonds. The predicted octanol–water partition coefficient (Wildman–Crippen LogP) is 1.83. The SMILES string of the molecule is Cn1cc(CCNC(=O)NC2CCCCNC2=O)c2ccc(F)cc21. The Morgan fingerprint density at radius 1 is 1.40 bits per heavy atom. The van der Waals surface area contributed by atoms with Gasteiger partial charge in [-0.15, -0.1) is 0 Å². The second kappa shape index (κ2) is 7.55. The molecule has 1 saturated heterocycles. The van der Waals surface area contributed by atoms with Gasteiger partial charge in [0.2, 0.25) is 5.91 Å². The van der Waals surface area contributed by atoms with Gasteiger partial charge in [0.05, 0.1) is 5.52 Å². The zero-order chi connectivity index (χ0) is 17.8. The summed E-state index contributed by atoms with van der Waals surface area (Å²) < 4.78 is 15.2. The Kier molecular flexibility index (Phi) is 5.21. The largest absolute Gasteiger partial charge is 0.354 e. The molecular formula is C18H23FN4O2. The van der Waals surface area contributed by atoms with Crippen LogP contribution in [0, 0.1) is 5.82 Å². The van der Waals surface area contributed by atoms with E-state index in [0.717, 1.165) is 29.3 Å². The number of benzene rings is 1. The summed E-state index contributed by atoms with van der Waals surface area (Å²) in [6.07, 6.45) is 5.09. The van der Waals surface area contributed by atoms with E-state index in [9.17, 15) is 14.0 Å². The monoisotopic (exact) mass is 346 g/mol. The lowest BCUT2D eigenvalue weighted by molar-refractivity contribution is -0.122. The first-order chi connectivity index (χ1) is 12.0. The van der Waals surface area contributed by atoms with E-state index < -0.39 is 6.04 Å². The van der Waals surface area contributed by atoms with E-state index in [1.165, 1.54) is 12.1 Å². The Morgan fingerprint density at radius 2 is 2.24 bits per heavy atom. The van der Waals surface area contributed by atoms with Gasteiger partial charge in [0, 0.05) is 31.7 Å². The maximum Gasteiger partial charge on any atom is 0.315 e. The average molecular weight is 346 g/mol. The summed E-state index contributed by atoms with van der Waals surface area (Å²) in [6.45, 7) is 1.11. The van der Waals surface area contributed by atoms with Gasteiger partial charge in [-0.1, -0.05) is 0 Å². The summed E-state index contributed by atoms with van der Waals surface area (Å²) in [5.74, 6) is -0.386. The number of carbonyl (C=O) groups excluding carboxylic acids is 2. The number of hydrogen-bond acceptors (Lipinski definition) is 2. The standard InChI is InChI=1S/C18H23FN4O2/c1-23-11-12(14-6-5-13(19)10-16(14)23)7-9-21-18(25)22-15-4-2-3-8-20-17(15)24/h5-6,10-11,15H,2-4,7-9H2,1H3,(H,20,24)(H2,21,22,25). The molecule has 0 saturated carbocycles. The maximum atomic E-state index is 13.4. The molecule has 0 bridgehead atoms. The molecule has 0 aliphatic carbocycles. The fraction of sp³-hybridized carbons (Fsp3) is 0.444. The zero-order valence-electron chi connectivity index (χ0n) is 14.3. The second-order valence-electron chi connectivity index (χ2n) is 6.42. The molecule has 0 spiro atoms. The summed E-state index contributed by atoms with van der Waals surface area (Å²) in [4.78, 5) is 23.9. The van der Waals surface area contributed by atoms with E-state index >= 15 is 0 Å². The number of urea groups is 1. The van der Waals surface area contributed by atoms with E-state index in [4.69, 9.17) is 0 Å². The first-order valence-corrected chi connectivity index (χ1v) is 8.60. The van der Waals surface area contributed by atoms with Gasteiger partial charge in [-0.05, 0) is 49.4 Å². The van der Waals surface area contributed by atoms with Crippen molar-refractivity contribution in [2.45, 2.75) is 31.7 Å². The van der Waals surface area contributed by atoms with Crippen LogP contribution < -0.4 is 16.0 Å². The number of fused-ring (bicyclic) bond motifs is 1. The minimum absolute atomic E-state index is 0.122. The number of amides is 3. The van der Waals surface area contributed by atoms with Crippen LogP contribution in [0.3, 0.4) is 0 Å². The van der Waals surface area contributed by atoms with Gasteiger partial charge in [-0.3, -0.25) is 4.79 Å². The van der Waals surface area contributed by atoms with Gasteiger partial charge in [0.25, 0.3) is 0 Å². The highest BCUT2D eigenvalue weighted by Gasteiger charge is 2.22. The molecule has 2 aromatic rings. The number of nitrogens with one attached hydrogen (secondary N) is 3. The van der Waals surface area contributed by atoms with Crippen LogP contribution >= 0.6 is 0 Å². The summed E-state index contributed by atoms with van der Waals surface area (Å²) in [5, 5.41) is 9.29. The van der Waals surface area contributed by atoms with Crippen LogP contribution in [0.4, 0.5) is 9.18 Å². The van der Waals surface area contributed by atoms with Gasteiger partial charge in [0.15, 0.2) is 0 Å². The van der Waals surface area contributed by atoms with E-state index in [2.05, 4.69) is 16.0 Å². The van der Waals surface area contributed by atoms with Crippen LogP contribution in [0.15, 0.2) is 24.4 Å². The van der Waals surface area contributed by atoms with Crippen LogP contribution in [0.2, 0.25) is 0 Å². The first-order valence-electron chi connectivity index (χ1n) is 8.60. The fourth-order valence-electron chi connectivity index (χ4n) is 3.24. The Balaban J connectivity index is 1.54. The molecule has 2 heterocycles. The second-order valence-corrected chi connectivity index (χ2v) is 6.42. The highest BCUT2D eigenvalue weighted by Crippen LogP contribution is 2.21. The minimum atomic E-state index is -0.469. The quantitative estimate of drug-likeness (QED) is 0.790. The molecule has 1 aliphatic rings. The Bertz CT molecular complexity index is 787. The van der Waals surface area contributed by atoms with Crippen LogP contribution in [-0.2, 0) is 18.3 Å². The lowest BCUT2D eigenvalue weighted by atomic mass is 10.1. The van der Waals surface area contributed by atoms with Crippen molar-refractivity contribution in [1.82, 2.24) is 20.5 Å². The van der Waals surface area contributed by atoms with E-state index in [1.54, 1.807) is 6.07 Å². The van der Waals surface area contributed by atoms with Crippen LogP contribution in [0.5, 0.6) is 0 Å². The summed E-state index contributed by atoms with van der Waals surface area (Å²) >= 11 is 0. The summed E-state index contributed by atoms with van der Waals surface area (Å²) in [5.41, 5.74) is 1.87. The van der Waals surface area contributed by atoms with E-state index in [0.29, 0.717) is 25.9 Å². The minimum Gasteiger partial charge on any atom is -0.354 e. The Hall–Kier alpha value is -2.57. The Morgan fingerprint density at radius 3 is 3.08 bits per heavy atom. The number of nitrogens with zero attached hydrogens (tertiary/aromatic N) is 1. The third kappa shape index (κ3) is 4.10. The number of carbonyl (C=O) groups is 2. The van der Waals surface area contributed by atoms with Crippen molar-refractivity contribution in [1.29, 1.82) is 0 Å². The van der Waals surface area contributed by atoms with Crippen molar-refractivity contribution < 1.29 is 14.0 Å². The summed E-state index contributed by atoms with van der Waals surface area (Å²) in [6, 6.07) is 3.90. The third-order valence-electron chi connectivity index (χ3n) is 4.56. The van der Waals surface area contributed by atoms with Crippen molar-refractivity contribution in [3.8, 4) is 0 Å². The smallest absolute Gasteiger partial charge is 0.315 e. The van der Waals surface area contributed by atoms with Gasteiger partial charge in [-0.2, -0.15) is 0 Å². The fourth-order valence-corrected chi connectivity index (χ4v) is 3.24. The van der Waals surface area contributed by atoms with Crippen molar-refractivity contribution in [2.24, 2.45) is 7.05 Å². The van der Waals surface area contributed by atoms with Gasteiger partial charge < -0.3 is 20.5 Å². The molecular weight excluding hydrogens is 323 g/mol. The van der Waals surface area contributed by atoms with Crippen LogP contribution in [0.1, 0.15) is 24.8 Å². The molecule has 1 aliphatic heterocycles. The molecule has 134 valence electrons. The number of halogens is 1. The average Bonchev–Trinajstić information content (AvgIpc) is 2.74. The summed E-state index contributed by atoms with van der Waals surface area (Å²) in [7, 11) is 1.87. The normalized spacial score (nSPS) is 17.8. The number of rotatable bonds is 4. The highest BCUT2D eigenvalue weighted by atomic mass is 19.1. The number of hydrogen-bond donors (Lipinski definition) is 3. The molecule has 1 atom stereocenters. The molecule has 25 heavy (non-hydrogen) atoms. The van der Waals surface area contributed by atoms with Crippen LogP contribution in [0.25, 0.3) is 10.9 Å². The third-order valence-corrected chi connectivity index (χ3v) is 4.56. The van der Waals surface area contributed by atoms with Crippen molar-refractivity contribution >= 4 is 22.8 Å². The molecule has 7 heteroatoms. The molecule has 1 aromatic heterocycles. The van der Waals surface area contributed by atoms with Crippen molar-refractivity contribution in [2.75, 3.05) is 13.1 Å². The van der Waals surface area contributed by atoms with E-state index in [-0.39, 0.29) is 17.8 Å². The van der Waals surface area contributed by atoms with Gasteiger partial charge in [0.1, 0.15) is 11.9 Å². The highest BCUT2D eigenvalue weighted by molar-refractivity contribution is 5.87. The van der Waals surface area contributed by atoms with Crippen molar-refractivity contribution in [3.63, 3.8) is 0 Å². The maximum absolute atomic E-state index is 13.4. The first kappa shape index (κ1) is 17.3. The topological polar surface area (TPSA) is 75.2 Å². The molecule has 6 nitrogen and oxygen atoms in total. The Labute approximate surface area is 145 Å². The van der Waals surface area contributed by atoms with Crippen molar-refractivity contribution in [3.05, 3.63) is 35.8 Å². The lowest BCUT2D eigenvalue weighted by Gasteiger charge is -2.15. The number of aromatic nitrogens is 1. The molecule has 1 fully saturated rings. The molecule has 0 radical (unpaired) electrons. The van der Waals surface area contributed by atoms with Gasteiger partial charge in [-0.25, -0.2) is 9.18 Å². The lowest BCUT2D eigenvalue weighted by Crippen LogP contribution is -2.49. The van der Waals surface area contributed by atoms with E-state index in [1.807, 2.05) is 17.8 Å². The predicted molar refractivity (Wildman–Crippen MR) is 93.8 cm³/mol. The molecule has 1 unspecified atom stereocenters. The zero-order valence-corrected chi connectivity index (χ0v) is 14.3. The van der Waals surface area contributed by atoms with Gasteiger partial charge >= 0.3 is 6.03 Å². The molecule has 1 aromatic carbocycles. The molecule has 3 N–H and O–H groups in total. The molecule has 3 rings (SSSR count). The van der Waals surface area contributed by atoms with Crippen LogP contribution in [-0.4, -0.2) is 35.6 Å².